The zero-order chi connectivity index (χ0) is 8.57. The molecule has 0 amide bonds. The van der Waals surface area contributed by atoms with Gasteiger partial charge in [-0.15, -0.1) is 0 Å². The van der Waals surface area contributed by atoms with Gasteiger partial charge in [-0.2, -0.15) is 0 Å². The van der Waals surface area contributed by atoms with Crippen molar-refractivity contribution in [1.29, 1.82) is 0 Å². The summed E-state index contributed by atoms with van der Waals surface area (Å²) in [6.07, 6.45) is 0. The predicted molar refractivity (Wildman–Crippen MR) is 28.1 cm³/mol. The Morgan fingerprint density at radius 1 is 1.00 bits per heavy atom. The number of hydrogen-bond donors (Lipinski definition) is 2. The van der Waals surface area contributed by atoms with Crippen LogP contribution in [-0.2, 0) is 26.7 Å². The van der Waals surface area contributed by atoms with Gasteiger partial charge in [0.2, 0.25) is 0 Å². The zero-order valence-electron chi connectivity index (χ0n) is 5.58. The number of carboxylic acid groups (broad SMARTS) is 2. The van der Waals surface area contributed by atoms with Gasteiger partial charge in [0.1, 0.15) is 0 Å². The third kappa shape index (κ3) is 44.7. The molecule has 0 aromatic carbocycles. The first-order valence-electron chi connectivity index (χ1n) is 2.34. The van der Waals surface area contributed by atoms with Crippen molar-refractivity contribution in [2.45, 2.75) is 0 Å². The maximum atomic E-state index is 9.13. The molecule has 11 heavy (non-hydrogen) atoms. The second kappa shape index (κ2) is 12.1. The van der Waals surface area contributed by atoms with Crippen molar-refractivity contribution >= 4 is 11.9 Å². The maximum absolute atomic E-state index is 9.13. The third-order valence-corrected chi connectivity index (χ3v) is 0.333. The van der Waals surface area contributed by atoms with Crippen molar-refractivity contribution in [2.24, 2.45) is 11.5 Å². The molecule has 6 nitrogen and oxygen atoms in total. The number of carboxylic acids is 2. The Hall–Kier alpha value is -0.621. The van der Waals surface area contributed by atoms with E-state index in [-0.39, 0.29) is 30.2 Å². The van der Waals surface area contributed by atoms with E-state index in [9.17, 15) is 0 Å². The van der Waals surface area contributed by atoms with Crippen molar-refractivity contribution < 1.29 is 36.9 Å². The Labute approximate surface area is 74.0 Å². The fraction of sp³-hybridized carbons (Fsp3) is 0.500. The molecule has 67 valence electrons. The summed E-state index contributed by atoms with van der Waals surface area (Å²) >= 11 is 0. The van der Waals surface area contributed by atoms with Crippen LogP contribution in [-0.4, -0.2) is 25.0 Å². The van der Waals surface area contributed by atoms with Crippen LogP contribution in [0.25, 0.3) is 0 Å². The molecule has 7 heteroatoms. The first-order valence-corrected chi connectivity index (χ1v) is 2.34. The normalized spacial score (nSPS) is 6.73. The van der Waals surface area contributed by atoms with Crippen molar-refractivity contribution in [3.05, 3.63) is 0 Å². The molecule has 0 spiro atoms. The van der Waals surface area contributed by atoms with Gasteiger partial charge in [-0.1, -0.05) is 0 Å². The minimum Gasteiger partial charge on any atom is -0.549 e. The standard InChI is InChI=1S/2C2H5NO2.Mn/c2*3-1-2(4)5;/h2*1,3H2,(H,4,5);/p-2. The van der Waals surface area contributed by atoms with Crippen LogP contribution in [0.4, 0.5) is 0 Å². The van der Waals surface area contributed by atoms with Gasteiger partial charge in [-0.05, 0) is 0 Å². The van der Waals surface area contributed by atoms with Crippen LogP contribution < -0.4 is 21.7 Å². The Morgan fingerprint density at radius 3 is 1.09 bits per heavy atom. The second-order valence-corrected chi connectivity index (χ2v) is 1.15. The van der Waals surface area contributed by atoms with Crippen molar-refractivity contribution in [1.82, 2.24) is 0 Å². The van der Waals surface area contributed by atoms with Crippen molar-refractivity contribution in [2.75, 3.05) is 13.1 Å². The summed E-state index contributed by atoms with van der Waals surface area (Å²) in [5.74, 6) is -2.44. The fourth-order valence-electron chi connectivity index (χ4n) is 0. The fourth-order valence-corrected chi connectivity index (χ4v) is 0. The van der Waals surface area contributed by atoms with Gasteiger partial charge < -0.3 is 31.3 Å². The Balaban J connectivity index is -0.000000107. The van der Waals surface area contributed by atoms with Gasteiger partial charge in [0.05, 0.1) is 11.9 Å². The Kier molecular flexibility index (Phi) is 18.4. The molecule has 0 aromatic rings. The summed E-state index contributed by atoms with van der Waals surface area (Å²) in [7, 11) is 0. The SMILES string of the molecule is NCC(=O)[O-].NCC(=O)[O-].[Mn]. The van der Waals surface area contributed by atoms with Gasteiger partial charge in [-0.25, -0.2) is 0 Å². The van der Waals surface area contributed by atoms with E-state index in [4.69, 9.17) is 19.8 Å². The molecular weight excluding hydrogens is 195 g/mol. The molecule has 0 heterocycles. The van der Waals surface area contributed by atoms with E-state index in [1.807, 2.05) is 0 Å². The zero-order valence-corrected chi connectivity index (χ0v) is 6.76. The molecule has 0 atom stereocenters. The summed E-state index contributed by atoms with van der Waals surface area (Å²) in [6.45, 7) is -0.778. The number of rotatable bonds is 2. The average Bonchev–Trinajstić information content (AvgIpc) is 1.89. The molecule has 0 aliphatic carbocycles. The summed E-state index contributed by atoms with van der Waals surface area (Å²) in [6, 6.07) is 0. The van der Waals surface area contributed by atoms with Gasteiger partial charge in [0.15, 0.2) is 0 Å². The summed E-state index contributed by atoms with van der Waals surface area (Å²) in [4.78, 5) is 18.3. The van der Waals surface area contributed by atoms with E-state index in [2.05, 4.69) is 11.5 Å². The van der Waals surface area contributed by atoms with E-state index in [1.54, 1.807) is 0 Å². The second-order valence-electron chi connectivity index (χ2n) is 1.15. The molecule has 0 fully saturated rings. The molecule has 0 rings (SSSR count). The molecule has 0 unspecified atom stereocenters. The largest absolute Gasteiger partial charge is 0.549 e. The van der Waals surface area contributed by atoms with Gasteiger partial charge in [0.25, 0.3) is 0 Å². The van der Waals surface area contributed by atoms with Gasteiger partial charge >= 0.3 is 0 Å². The van der Waals surface area contributed by atoms with Gasteiger partial charge in [-0.3, -0.25) is 0 Å². The maximum Gasteiger partial charge on any atom is 0.0550 e. The monoisotopic (exact) mass is 203 g/mol. The summed E-state index contributed by atoms with van der Waals surface area (Å²) in [5, 5.41) is 18.3. The summed E-state index contributed by atoms with van der Waals surface area (Å²) < 4.78 is 0. The van der Waals surface area contributed by atoms with E-state index < -0.39 is 11.9 Å². The van der Waals surface area contributed by atoms with Crippen LogP contribution in [0, 0.1) is 0 Å². The number of carbonyl (C=O) groups is 2. The number of aliphatic carboxylic acids is 2. The average molecular weight is 203 g/mol. The quantitative estimate of drug-likeness (QED) is 0.434. The molecular formula is C4H8MnN2O4-2. The van der Waals surface area contributed by atoms with E-state index in [0.717, 1.165) is 0 Å². The number of carbonyl (C=O) groups excluding carboxylic acids is 2. The molecule has 1 radical (unpaired) electrons. The Morgan fingerprint density at radius 2 is 1.09 bits per heavy atom. The predicted octanol–water partition coefficient (Wildman–Crippen LogP) is -4.61. The van der Waals surface area contributed by atoms with Crippen molar-refractivity contribution in [3.8, 4) is 0 Å². The molecule has 0 aliphatic rings. The van der Waals surface area contributed by atoms with Crippen LogP contribution >= 0.6 is 0 Å². The Bertz CT molecular complexity index is 105. The molecule has 0 aliphatic heterocycles. The molecule has 4 N–H and O–H groups in total. The van der Waals surface area contributed by atoms with Crippen LogP contribution in [0.15, 0.2) is 0 Å². The molecule has 0 aromatic heterocycles. The van der Waals surface area contributed by atoms with E-state index >= 15 is 0 Å². The third-order valence-electron chi connectivity index (χ3n) is 0.333. The van der Waals surface area contributed by atoms with E-state index in [1.165, 1.54) is 0 Å². The topological polar surface area (TPSA) is 132 Å². The molecule has 0 saturated carbocycles. The number of hydrogen-bond acceptors (Lipinski definition) is 6. The van der Waals surface area contributed by atoms with Crippen molar-refractivity contribution in [3.63, 3.8) is 0 Å². The van der Waals surface area contributed by atoms with Gasteiger partial charge in [0, 0.05) is 30.2 Å². The first kappa shape index (κ1) is 16.8. The first-order chi connectivity index (χ1) is 4.54. The summed E-state index contributed by atoms with van der Waals surface area (Å²) in [5.41, 5.74) is 9.02. The van der Waals surface area contributed by atoms with Crippen LogP contribution in [0.3, 0.4) is 0 Å². The minimum absolute atomic E-state index is 0. The van der Waals surface area contributed by atoms with Crippen LogP contribution in [0.2, 0.25) is 0 Å². The molecule has 0 saturated heterocycles. The molecule has 0 bridgehead atoms. The number of nitrogens with two attached hydrogens (primary N) is 2. The van der Waals surface area contributed by atoms with E-state index in [0.29, 0.717) is 0 Å². The smallest absolute Gasteiger partial charge is 0.0550 e. The van der Waals surface area contributed by atoms with Crippen LogP contribution in [0.5, 0.6) is 0 Å². The minimum atomic E-state index is -1.22. The van der Waals surface area contributed by atoms with Crippen LogP contribution in [0.1, 0.15) is 0 Å².